The highest BCUT2D eigenvalue weighted by molar-refractivity contribution is 7.13. The minimum absolute atomic E-state index is 0.0862. The fourth-order valence-electron chi connectivity index (χ4n) is 3.68. The van der Waals surface area contributed by atoms with Crippen molar-refractivity contribution in [2.24, 2.45) is 0 Å². The Hall–Kier alpha value is -3.45. The van der Waals surface area contributed by atoms with Crippen LogP contribution in [0, 0.1) is 0 Å². The number of carbonyl (C=O) groups excluding carboxylic acids is 1. The highest BCUT2D eigenvalue weighted by atomic mass is 32.1. The van der Waals surface area contributed by atoms with Crippen molar-refractivity contribution >= 4 is 23.1 Å². The Labute approximate surface area is 179 Å². The van der Waals surface area contributed by atoms with Crippen LogP contribution in [0.25, 0.3) is 16.3 Å². The summed E-state index contributed by atoms with van der Waals surface area (Å²) in [5.74, 6) is 1.82. The molecule has 0 spiro atoms. The fourth-order valence-corrected chi connectivity index (χ4v) is 4.41. The summed E-state index contributed by atoms with van der Waals surface area (Å²) < 4.78 is 1.96. The predicted octanol–water partition coefficient (Wildman–Crippen LogP) is 3.96. The number of rotatable bonds is 4. The van der Waals surface area contributed by atoms with Crippen LogP contribution in [-0.4, -0.2) is 51.5 Å². The third kappa shape index (κ3) is 3.71. The van der Waals surface area contributed by atoms with Gasteiger partial charge in [-0.2, -0.15) is 0 Å². The first kappa shape index (κ1) is 18.6. The molecule has 0 radical (unpaired) electrons. The van der Waals surface area contributed by atoms with Gasteiger partial charge >= 0.3 is 0 Å². The average molecular weight is 416 g/mol. The van der Waals surface area contributed by atoms with Crippen LogP contribution in [0.3, 0.4) is 0 Å². The number of carbonyl (C=O) groups is 1. The van der Waals surface area contributed by atoms with E-state index in [-0.39, 0.29) is 5.91 Å². The lowest BCUT2D eigenvalue weighted by Gasteiger charge is -2.35. The zero-order valence-electron chi connectivity index (χ0n) is 16.4. The Kier molecular flexibility index (Phi) is 5.03. The minimum Gasteiger partial charge on any atom is -0.353 e. The molecule has 0 N–H and O–H groups in total. The van der Waals surface area contributed by atoms with Crippen molar-refractivity contribution in [3.8, 4) is 16.3 Å². The van der Waals surface area contributed by atoms with Crippen LogP contribution >= 0.6 is 11.3 Å². The third-order valence-corrected chi connectivity index (χ3v) is 6.25. The fraction of sp³-hybridized carbons (Fsp3) is 0.174. The maximum Gasteiger partial charge on any atom is 0.253 e. The second-order valence-corrected chi connectivity index (χ2v) is 8.11. The molecule has 150 valence electrons. The molecule has 6 nitrogen and oxygen atoms in total. The van der Waals surface area contributed by atoms with Crippen LogP contribution in [0.4, 0.5) is 5.82 Å². The summed E-state index contributed by atoms with van der Waals surface area (Å²) in [5.41, 5.74) is 1.88. The number of amides is 1. The number of piperazine rings is 1. The zero-order valence-corrected chi connectivity index (χ0v) is 17.2. The summed E-state index contributed by atoms with van der Waals surface area (Å²) in [5, 5.41) is 2.06. The number of benzene rings is 1. The third-order valence-electron chi connectivity index (χ3n) is 5.34. The van der Waals surface area contributed by atoms with Gasteiger partial charge in [-0.3, -0.25) is 4.79 Å². The van der Waals surface area contributed by atoms with Crippen LogP contribution in [0.1, 0.15) is 10.4 Å². The molecule has 0 unspecified atom stereocenters. The Morgan fingerprint density at radius 1 is 0.867 bits per heavy atom. The molecule has 1 aliphatic heterocycles. The van der Waals surface area contributed by atoms with E-state index in [4.69, 9.17) is 0 Å². The standard InChI is InChI=1S/C23H21N5OS/c29-23(19-7-5-18(6-8-19)20-4-3-15-30-20)28-13-11-27(12-14-28)22-16-21(24-17-25-22)26-9-1-2-10-26/h1-10,15-17H,11-14H2. The van der Waals surface area contributed by atoms with Crippen LogP contribution in [0.15, 0.2) is 78.7 Å². The summed E-state index contributed by atoms with van der Waals surface area (Å²) in [6.07, 6.45) is 5.52. The molecule has 0 aliphatic carbocycles. The van der Waals surface area contributed by atoms with Crippen molar-refractivity contribution in [2.45, 2.75) is 0 Å². The average Bonchev–Trinajstić information content (AvgIpc) is 3.54. The normalized spacial score (nSPS) is 14.1. The quantitative estimate of drug-likeness (QED) is 0.506. The van der Waals surface area contributed by atoms with Crippen molar-refractivity contribution in [3.05, 3.63) is 84.3 Å². The second-order valence-electron chi connectivity index (χ2n) is 7.16. The Bertz CT molecular complexity index is 1110. The van der Waals surface area contributed by atoms with Gasteiger partial charge in [0.15, 0.2) is 0 Å². The largest absolute Gasteiger partial charge is 0.353 e. The molecule has 0 saturated carbocycles. The van der Waals surface area contributed by atoms with Gasteiger partial charge in [-0.15, -0.1) is 11.3 Å². The molecule has 30 heavy (non-hydrogen) atoms. The van der Waals surface area contributed by atoms with Gasteiger partial charge < -0.3 is 14.4 Å². The first-order valence-corrected chi connectivity index (χ1v) is 10.8. The van der Waals surface area contributed by atoms with Crippen molar-refractivity contribution in [2.75, 3.05) is 31.1 Å². The van der Waals surface area contributed by atoms with E-state index in [2.05, 4.69) is 26.3 Å². The number of aromatic nitrogens is 3. The highest BCUT2D eigenvalue weighted by Crippen LogP contribution is 2.25. The van der Waals surface area contributed by atoms with E-state index in [9.17, 15) is 4.79 Å². The topological polar surface area (TPSA) is 54.3 Å². The molecule has 1 aliphatic rings. The Balaban J connectivity index is 1.24. The van der Waals surface area contributed by atoms with Gasteiger partial charge in [0.25, 0.3) is 5.91 Å². The van der Waals surface area contributed by atoms with E-state index < -0.39 is 0 Å². The van der Waals surface area contributed by atoms with E-state index in [0.717, 1.165) is 35.9 Å². The molecule has 5 rings (SSSR count). The molecule has 1 aromatic carbocycles. The van der Waals surface area contributed by atoms with E-state index >= 15 is 0 Å². The van der Waals surface area contributed by atoms with Gasteiger partial charge in [-0.25, -0.2) is 9.97 Å². The van der Waals surface area contributed by atoms with Crippen LogP contribution in [-0.2, 0) is 0 Å². The summed E-state index contributed by atoms with van der Waals surface area (Å²) in [6.45, 7) is 2.85. The van der Waals surface area contributed by atoms with Gasteiger partial charge in [0.1, 0.15) is 18.0 Å². The van der Waals surface area contributed by atoms with E-state index in [1.54, 1.807) is 17.7 Å². The predicted molar refractivity (Wildman–Crippen MR) is 119 cm³/mol. The SMILES string of the molecule is O=C(c1ccc(-c2cccs2)cc1)N1CCN(c2cc(-n3cccc3)ncn2)CC1. The van der Waals surface area contributed by atoms with Crippen LogP contribution in [0.5, 0.6) is 0 Å². The van der Waals surface area contributed by atoms with Crippen molar-refractivity contribution in [1.29, 1.82) is 0 Å². The van der Waals surface area contributed by atoms with Gasteiger partial charge in [-0.1, -0.05) is 18.2 Å². The lowest BCUT2D eigenvalue weighted by Crippen LogP contribution is -2.49. The number of hydrogen-bond donors (Lipinski definition) is 0. The summed E-state index contributed by atoms with van der Waals surface area (Å²) in [6, 6.07) is 18.0. The zero-order chi connectivity index (χ0) is 20.3. The molecule has 7 heteroatoms. The van der Waals surface area contributed by atoms with Gasteiger partial charge in [0.05, 0.1) is 0 Å². The molecule has 4 heterocycles. The second kappa shape index (κ2) is 8.12. The molecular weight excluding hydrogens is 394 g/mol. The molecular formula is C23H21N5OS. The molecule has 0 atom stereocenters. The van der Waals surface area contributed by atoms with Crippen molar-refractivity contribution in [1.82, 2.24) is 19.4 Å². The smallest absolute Gasteiger partial charge is 0.253 e. The van der Waals surface area contributed by atoms with Crippen molar-refractivity contribution in [3.63, 3.8) is 0 Å². The maximum atomic E-state index is 12.9. The van der Waals surface area contributed by atoms with E-state index in [0.29, 0.717) is 13.1 Å². The van der Waals surface area contributed by atoms with E-state index in [1.807, 2.05) is 70.4 Å². The van der Waals surface area contributed by atoms with Gasteiger partial charge in [-0.05, 0) is 41.3 Å². The lowest BCUT2D eigenvalue weighted by molar-refractivity contribution is 0.0746. The number of thiophene rings is 1. The van der Waals surface area contributed by atoms with Gasteiger partial charge in [0, 0.05) is 55.1 Å². The highest BCUT2D eigenvalue weighted by Gasteiger charge is 2.23. The van der Waals surface area contributed by atoms with E-state index in [1.165, 1.54) is 4.88 Å². The number of anilines is 1. The Morgan fingerprint density at radius 3 is 2.30 bits per heavy atom. The first-order valence-electron chi connectivity index (χ1n) is 9.91. The van der Waals surface area contributed by atoms with Gasteiger partial charge in [0.2, 0.25) is 0 Å². The summed E-state index contributed by atoms with van der Waals surface area (Å²) in [4.78, 5) is 27.1. The summed E-state index contributed by atoms with van der Waals surface area (Å²) in [7, 11) is 0. The molecule has 3 aromatic heterocycles. The summed E-state index contributed by atoms with van der Waals surface area (Å²) >= 11 is 1.70. The molecule has 4 aromatic rings. The molecule has 1 amide bonds. The maximum absolute atomic E-state index is 12.9. The molecule has 1 saturated heterocycles. The molecule has 0 bridgehead atoms. The van der Waals surface area contributed by atoms with Crippen molar-refractivity contribution < 1.29 is 4.79 Å². The monoisotopic (exact) mass is 415 g/mol. The van der Waals surface area contributed by atoms with Crippen LogP contribution < -0.4 is 4.90 Å². The molecule has 1 fully saturated rings. The minimum atomic E-state index is 0.0862. The first-order chi connectivity index (χ1) is 14.8. The number of hydrogen-bond acceptors (Lipinski definition) is 5. The number of nitrogens with zero attached hydrogens (tertiary/aromatic N) is 5. The Morgan fingerprint density at radius 2 is 1.60 bits per heavy atom. The lowest BCUT2D eigenvalue weighted by atomic mass is 10.1. The van der Waals surface area contributed by atoms with Crippen LogP contribution in [0.2, 0.25) is 0 Å².